The molecule has 2 atom stereocenters. The van der Waals surface area contributed by atoms with E-state index >= 15 is 0 Å². The highest BCUT2D eigenvalue weighted by Gasteiger charge is 2.33. The molecule has 2 aromatic rings. The fourth-order valence-corrected chi connectivity index (χ4v) is 4.43. The van der Waals surface area contributed by atoms with Gasteiger partial charge in [-0.15, -0.1) is 0 Å². The summed E-state index contributed by atoms with van der Waals surface area (Å²) in [6.45, 7) is 7.79. The zero-order valence-electron chi connectivity index (χ0n) is 20.3. The molecule has 0 bridgehead atoms. The summed E-state index contributed by atoms with van der Waals surface area (Å²) < 4.78 is 13.0. The molecule has 9 nitrogen and oxygen atoms in total. The monoisotopic (exact) mass is 469 g/mol. The number of amides is 2. The van der Waals surface area contributed by atoms with Gasteiger partial charge in [-0.1, -0.05) is 30.3 Å². The molecule has 4 rings (SSSR count). The summed E-state index contributed by atoms with van der Waals surface area (Å²) in [5.74, 6) is 0.759. The Balaban J connectivity index is 1.37. The zero-order chi connectivity index (χ0) is 24.1. The molecule has 2 fully saturated rings. The van der Waals surface area contributed by atoms with E-state index in [0.29, 0.717) is 12.4 Å². The van der Waals surface area contributed by atoms with E-state index in [0.717, 1.165) is 49.9 Å². The van der Waals surface area contributed by atoms with E-state index in [1.54, 1.807) is 5.01 Å². The molecular weight excluding hydrogens is 434 g/mol. The van der Waals surface area contributed by atoms with Crippen molar-refractivity contribution in [2.24, 2.45) is 0 Å². The molecule has 2 N–H and O–H groups in total. The third-order valence-corrected chi connectivity index (χ3v) is 6.21. The third kappa shape index (κ3) is 6.08. The van der Waals surface area contributed by atoms with Crippen molar-refractivity contribution in [3.8, 4) is 0 Å². The van der Waals surface area contributed by atoms with E-state index in [2.05, 4.69) is 10.7 Å². The topological polar surface area (TPSA) is 97.7 Å². The van der Waals surface area contributed by atoms with Crippen molar-refractivity contribution in [1.29, 1.82) is 0 Å². The van der Waals surface area contributed by atoms with Crippen molar-refractivity contribution >= 4 is 18.0 Å². The minimum absolute atomic E-state index is 0.131. The molecule has 1 saturated heterocycles. The second-order valence-electron chi connectivity index (χ2n) is 10.0. The Bertz CT molecular complexity index is 979. The van der Waals surface area contributed by atoms with Crippen LogP contribution in [0, 0.1) is 0 Å². The number of carbonyl (C=O) groups is 2. The summed E-state index contributed by atoms with van der Waals surface area (Å²) in [5, 5.41) is 9.26. The standard InChI is InChI=1S/C25H35N5O4/c1-25(2,3)30-22(27-23(31)33-17-18-9-5-4-6-10-18)16-21(28-30)19-11-12-20(15-19)34-24(32)29-14-8-7-13-26-29/h4-6,9-10,16,19-20,26H,7-8,11-15,17H2,1-3H3,(H,27,31)/t19-,20+/m0/s1. The van der Waals surface area contributed by atoms with E-state index < -0.39 is 6.09 Å². The Morgan fingerprint density at radius 1 is 1.18 bits per heavy atom. The molecule has 1 aromatic heterocycles. The molecular formula is C25H35N5O4. The SMILES string of the molecule is CC(C)(C)n1nc([C@H]2CC[C@@H](OC(=O)N3CCCCN3)C2)cc1NC(=O)OCc1ccccc1. The largest absolute Gasteiger partial charge is 0.445 e. The van der Waals surface area contributed by atoms with Crippen molar-refractivity contribution in [1.82, 2.24) is 20.2 Å². The van der Waals surface area contributed by atoms with Crippen LogP contribution in [-0.2, 0) is 21.6 Å². The average molecular weight is 470 g/mol. The van der Waals surface area contributed by atoms with Crippen molar-refractivity contribution in [3.63, 3.8) is 0 Å². The van der Waals surface area contributed by atoms with Crippen LogP contribution < -0.4 is 10.7 Å². The Morgan fingerprint density at radius 3 is 2.68 bits per heavy atom. The van der Waals surface area contributed by atoms with Crippen LogP contribution in [0.2, 0.25) is 0 Å². The van der Waals surface area contributed by atoms with E-state index in [9.17, 15) is 9.59 Å². The van der Waals surface area contributed by atoms with Crippen molar-refractivity contribution in [2.45, 2.75) is 77.0 Å². The zero-order valence-corrected chi connectivity index (χ0v) is 20.3. The molecule has 34 heavy (non-hydrogen) atoms. The summed E-state index contributed by atoms with van der Waals surface area (Å²) in [5.41, 5.74) is 4.58. The van der Waals surface area contributed by atoms with Gasteiger partial charge in [0.25, 0.3) is 0 Å². The second-order valence-corrected chi connectivity index (χ2v) is 10.0. The molecule has 184 valence electrons. The first-order chi connectivity index (χ1) is 16.3. The van der Waals surface area contributed by atoms with Crippen molar-refractivity contribution < 1.29 is 19.1 Å². The fourth-order valence-electron chi connectivity index (χ4n) is 4.43. The minimum atomic E-state index is -0.520. The maximum atomic E-state index is 12.5. The second kappa shape index (κ2) is 10.5. The molecule has 1 saturated carbocycles. The summed E-state index contributed by atoms with van der Waals surface area (Å²) in [4.78, 5) is 24.9. The Labute approximate surface area is 200 Å². The number of hydrogen-bond acceptors (Lipinski definition) is 6. The molecule has 1 aliphatic heterocycles. The third-order valence-electron chi connectivity index (χ3n) is 6.21. The molecule has 1 aromatic carbocycles. The Hall–Kier alpha value is -3.07. The van der Waals surface area contributed by atoms with Crippen molar-refractivity contribution in [3.05, 3.63) is 47.7 Å². The molecule has 0 unspecified atom stereocenters. The van der Waals surface area contributed by atoms with Crippen LogP contribution in [0.15, 0.2) is 36.4 Å². The van der Waals surface area contributed by atoms with Crippen LogP contribution in [0.3, 0.4) is 0 Å². The number of aromatic nitrogens is 2. The molecule has 0 spiro atoms. The van der Waals surface area contributed by atoms with Gasteiger partial charge in [-0.2, -0.15) is 5.10 Å². The predicted octanol–water partition coefficient (Wildman–Crippen LogP) is 4.76. The van der Waals surface area contributed by atoms with Crippen LogP contribution in [-0.4, -0.2) is 46.2 Å². The fraction of sp³-hybridized carbons (Fsp3) is 0.560. The summed E-state index contributed by atoms with van der Waals surface area (Å²) >= 11 is 0. The summed E-state index contributed by atoms with van der Waals surface area (Å²) in [6, 6.07) is 11.5. The molecule has 0 radical (unpaired) electrons. The van der Waals surface area contributed by atoms with Gasteiger partial charge in [0.1, 0.15) is 18.5 Å². The highest BCUT2D eigenvalue weighted by molar-refractivity contribution is 5.83. The van der Waals surface area contributed by atoms with E-state index in [-0.39, 0.29) is 30.3 Å². The maximum absolute atomic E-state index is 12.5. The van der Waals surface area contributed by atoms with Crippen LogP contribution >= 0.6 is 0 Å². The molecule has 2 heterocycles. The highest BCUT2D eigenvalue weighted by atomic mass is 16.6. The number of hydrazine groups is 1. The van der Waals surface area contributed by atoms with E-state index in [1.807, 2.05) is 61.9 Å². The van der Waals surface area contributed by atoms with Crippen LogP contribution in [0.5, 0.6) is 0 Å². The number of carbonyl (C=O) groups excluding carboxylic acids is 2. The quantitative estimate of drug-likeness (QED) is 0.655. The lowest BCUT2D eigenvalue weighted by Gasteiger charge is -2.28. The van der Waals surface area contributed by atoms with Gasteiger partial charge in [0.15, 0.2) is 0 Å². The van der Waals surface area contributed by atoms with Crippen molar-refractivity contribution in [2.75, 3.05) is 18.4 Å². The van der Waals surface area contributed by atoms with Gasteiger partial charge in [-0.3, -0.25) is 5.32 Å². The number of nitrogens with one attached hydrogen (secondary N) is 2. The van der Waals surface area contributed by atoms with Crippen LogP contribution in [0.4, 0.5) is 15.4 Å². The van der Waals surface area contributed by atoms with E-state index in [1.165, 1.54) is 0 Å². The van der Waals surface area contributed by atoms with Gasteiger partial charge in [-0.25, -0.2) is 24.7 Å². The van der Waals surface area contributed by atoms with Gasteiger partial charge in [0.05, 0.1) is 11.2 Å². The van der Waals surface area contributed by atoms with Gasteiger partial charge < -0.3 is 9.47 Å². The smallest absolute Gasteiger partial charge is 0.424 e. The van der Waals surface area contributed by atoms with Crippen LogP contribution in [0.25, 0.3) is 0 Å². The lowest BCUT2D eigenvalue weighted by atomic mass is 10.0. The maximum Gasteiger partial charge on any atom is 0.424 e. The normalized spacial score (nSPS) is 20.7. The van der Waals surface area contributed by atoms with Gasteiger partial charge in [0.2, 0.25) is 0 Å². The lowest BCUT2D eigenvalue weighted by Crippen LogP contribution is -2.48. The summed E-state index contributed by atoms with van der Waals surface area (Å²) in [6.07, 6.45) is 3.51. The first-order valence-electron chi connectivity index (χ1n) is 12.1. The Morgan fingerprint density at radius 2 is 1.97 bits per heavy atom. The van der Waals surface area contributed by atoms with Gasteiger partial charge in [-0.05, 0) is 58.4 Å². The number of hydrogen-bond donors (Lipinski definition) is 2. The number of ether oxygens (including phenoxy) is 2. The number of benzene rings is 1. The first-order valence-corrected chi connectivity index (χ1v) is 12.1. The van der Waals surface area contributed by atoms with E-state index in [4.69, 9.17) is 14.6 Å². The lowest BCUT2D eigenvalue weighted by molar-refractivity contribution is 0.0427. The first kappa shape index (κ1) is 24.1. The number of rotatable bonds is 5. The molecule has 1 aliphatic carbocycles. The molecule has 2 aliphatic rings. The molecule has 2 amide bonds. The number of nitrogens with zero attached hydrogens (tertiary/aromatic N) is 3. The minimum Gasteiger partial charge on any atom is -0.445 e. The summed E-state index contributed by atoms with van der Waals surface area (Å²) in [7, 11) is 0. The van der Waals surface area contributed by atoms with Gasteiger partial charge in [0, 0.05) is 25.1 Å². The Kier molecular flexibility index (Phi) is 7.41. The van der Waals surface area contributed by atoms with Gasteiger partial charge >= 0.3 is 12.2 Å². The highest BCUT2D eigenvalue weighted by Crippen LogP contribution is 2.37. The average Bonchev–Trinajstić information content (AvgIpc) is 3.46. The number of anilines is 1. The predicted molar refractivity (Wildman–Crippen MR) is 128 cm³/mol. The molecule has 9 heteroatoms. The van der Waals surface area contributed by atoms with Crippen LogP contribution in [0.1, 0.15) is 70.1 Å².